The van der Waals surface area contributed by atoms with Gasteiger partial charge in [-0.1, -0.05) is 29.4 Å². The number of nitrogens with one attached hydrogen (secondary N) is 1. The van der Waals surface area contributed by atoms with Gasteiger partial charge in [-0.2, -0.15) is 0 Å². The quantitative estimate of drug-likeness (QED) is 0.270. The van der Waals surface area contributed by atoms with Gasteiger partial charge in [-0.05, 0) is 87.0 Å². The van der Waals surface area contributed by atoms with E-state index >= 15 is 0 Å². The first kappa shape index (κ1) is 26.3. The van der Waals surface area contributed by atoms with E-state index in [4.69, 9.17) is 21.1 Å². The van der Waals surface area contributed by atoms with Gasteiger partial charge in [-0.3, -0.25) is 9.59 Å². The summed E-state index contributed by atoms with van der Waals surface area (Å²) in [6, 6.07) is 18.7. The number of esters is 1. The van der Waals surface area contributed by atoms with Crippen LogP contribution in [0.3, 0.4) is 0 Å². The molecule has 190 valence electrons. The van der Waals surface area contributed by atoms with Gasteiger partial charge in [0, 0.05) is 9.92 Å². The molecule has 0 aromatic heterocycles. The molecule has 4 rings (SSSR count). The minimum Gasteiger partial charge on any atom is -0.495 e. The van der Waals surface area contributed by atoms with Gasteiger partial charge in [-0.25, -0.2) is 9.69 Å². The number of amides is 2. The van der Waals surface area contributed by atoms with Gasteiger partial charge in [-0.15, -0.1) is 0 Å². The monoisotopic (exact) mass is 536 g/mol. The van der Waals surface area contributed by atoms with Crippen LogP contribution in [-0.2, 0) is 14.3 Å². The Hall–Kier alpha value is -3.75. The number of hydrogen-bond donors (Lipinski definition) is 1. The van der Waals surface area contributed by atoms with Gasteiger partial charge in [0.05, 0.1) is 30.2 Å². The average Bonchev–Trinajstić information content (AvgIpc) is 3.09. The Kier molecular flexibility index (Phi) is 7.90. The number of methoxy groups -OCH3 is 1. The number of ether oxygens (including phenoxy) is 2. The van der Waals surface area contributed by atoms with E-state index in [1.165, 1.54) is 19.2 Å². The SMILES string of the molecule is COc1ccc(C)cc1NC1=C(Sc2ccc(Cl)cc2)C(=O)N(c2ccc(C(=O)OC(C)C)cc2)C1=O. The highest BCUT2D eigenvalue weighted by Gasteiger charge is 2.40. The summed E-state index contributed by atoms with van der Waals surface area (Å²) in [5.74, 6) is -0.966. The Morgan fingerprint density at radius 3 is 2.27 bits per heavy atom. The molecule has 0 aliphatic carbocycles. The van der Waals surface area contributed by atoms with Crippen molar-refractivity contribution in [3.8, 4) is 5.75 Å². The van der Waals surface area contributed by atoms with Crippen molar-refractivity contribution in [2.24, 2.45) is 0 Å². The maximum absolute atomic E-state index is 13.6. The van der Waals surface area contributed by atoms with Gasteiger partial charge in [0.25, 0.3) is 11.8 Å². The van der Waals surface area contributed by atoms with E-state index in [-0.39, 0.29) is 16.7 Å². The number of anilines is 2. The molecule has 7 nitrogen and oxygen atoms in total. The lowest BCUT2D eigenvalue weighted by Gasteiger charge is -2.16. The third-order valence-electron chi connectivity index (χ3n) is 5.39. The number of rotatable bonds is 8. The van der Waals surface area contributed by atoms with Crippen LogP contribution < -0.4 is 15.0 Å². The van der Waals surface area contributed by atoms with Crippen molar-refractivity contribution >= 4 is 52.5 Å². The first-order valence-electron chi connectivity index (χ1n) is 11.5. The maximum Gasteiger partial charge on any atom is 0.338 e. The normalized spacial score (nSPS) is 13.4. The van der Waals surface area contributed by atoms with E-state index in [9.17, 15) is 14.4 Å². The summed E-state index contributed by atoms with van der Waals surface area (Å²) in [6.07, 6.45) is -0.266. The van der Waals surface area contributed by atoms with E-state index in [0.29, 0.717) is 27.7 Å². The van der Waals surface area contributed by atoms with Crippen molar-refractivity contribution in [1.82, 2.24) is 0 Å². The lowest BCUT2D eigenvalue weighted by atomic mass is 10.2. The minimum atomic E-state index is -0.525. The number of carbonyl (C=O) groups is 3. The largest absolute Gasteiger partial charge is 0.495 e. The van der Waals surface area contributed by atoms with E-state index < -0.39 is 17.8 Å². The average molecular weight is 537 g/mol. The second kappa shape index (κ2) is 11.1. The maximum atomic E-state index is 13.6. The molecule has 0 spiro atoms. The molecule has 0 saturated carbocycles. The van der Waals surface area contributed by atoms with Crippen molar-refractivity contribution < 1.29 is 23.9 Å². The molecule has 1 heterocycles. The number of thioether (sulfide) groups is 1. The standard InChI is InChI=1S/C28H25ClN2O5S/c1-16(2)36-28(34)18-6-10-20(11-7-18)31-26(32)24(30-22-15-17(3)5-14-23(22)35-4)25(27(31)33)37-21-12-8-19(29)9-13-21/h5-16,30H,1-4H3. The lowest BCUT2D eigenvalue weighted by Crippen LogP contribution is -2.32. The molecule has 0 bridgehead atoms. The van der Waals surface area contributed by atoms with Gasteiger partial charge in [0.1, 0.15) is 16.4 Å². The fourth-order valence-electron chi connectivity index (χ4n) is 3.65. The second-order valence-electron chi connectivity index (χ2n) is 8.54. The molecule has 9 heteroatoms. The highest BCUT2D eigenvalue weighted by Crippen LogP contribution is 2.39. The number of benzene rings is 3. The predicted octanol–water partition coefficient (Wildman–Crippen LogP) is 6.21. The molecule has 0 fully saturated rings. The fourth-order valence-corrected chi connectivity index (χ4v) is 4.71. The van der Waals surface area contributed by atoms with Crippen molar-refractivity contribution in [2.45, 2.75) is 31.8 Å². The van der Waals surface area contributed by atoms with Gasteiger partial charge >= 0.3 is 5.97 Å². The molecule has 1 aliphatic rings. The van der Waals surface area contributed by atoms with Crippen LogP contribution in [0.2, 0.25) is 5.02 Å². The zero-order valence-corrected chi connectivity index (χ0v) is 22.3. The molecule has 3 aromatic rings. The Morgan fingerprint density at radius 2 is 1.65 bits per heavy atom. The molecule has 1 aliphatic heterocycles. The molecule has 3 aromatic carbocycles. The molecule has 1 N–H and O–H groups in total. The van der Waals surface area contributed by atoms with Crippen LogP contribution in [0.4, 0.5) is 11.4 Å². The fraction of sp³-hybridized carbons (Fsp3) is 0.179. The summed E-state index contributed by atoms with van der Waals surface area (Å²) >= 11 is 7.18. The number of halogens is 1. The summed E-state index contributed by atoms with van der Waals surface area (Å²) in [5.41, 5.74) is 2.29. The lowest BCUT2D eigenvalue weighted by molar-refractivity contribution is -0.120. The number of nitrogens with zero attached hydrogens (tertiary/aromatic N) is 1. The topological polar surface area (TPSA) is 84.9 Å². The van der Waals surface area contributed by atoms with Crippen molar-refractivity contribution in [3.63, 3.8) is 0 Å². The Balaban J connectivity index is 1.71. The summed E-state index contributed by atoms with van der Waals surface area (Å²) in [6.45, 7) is 5.44. The molecule has 2 amide bonds. The third kappa shape index (κ3) is 5.81. The highest BCUT2D eigenvalue weighted by molar-refractivity contribution is 8.04. The van der Waals surface area contributed by atoms with Gasteiger partial charge < -0.3 is 14.8 Å². The van der Waals surface area contributed by atoms with Crippen LogP contribution in [0.15, 0.2) is 82.2 Å². The summed E-state index contributed by atoms with van der Waals surface area (Å²) < 4.78 is 10.7. The summed E-state index contributed by atoms with van der Waals surface area (Å²) in [7, 11) is 1.54. The molecule has 0 unspecified atom stereocenters. The second-order valence-corrected chi connectivity index (χ2v) is 10.1. The van der Waals surface area contributed by atoms with Crippen LogP contribution >= 0.6 is 23.4 Å². The number of hydrogen-bond acceptors (Lipinski definition) is 7. The van der Waals surface area contributed by atoms with E-state index in [0.717, 1.165) is 27.1 Å². The highest BCUT2D eigenvalue weighted by atomic mass is 35.5. The number of imide groups is 1. The van der Waals surface area contributed by atoms with E-state index in [2.05, 4.69) is 5.32 Å². The smallest absolute Gasteiger partial charge is 0.338 e. The van der Waals surface area contributed by atoms with Gasteiger partial charge in [0.2, 0.25) is 0 Å². The zero-order chi connectivity index (χ0) is 26.7. The zero-order valence-electron chi connectivity index (χ0n) is 20.7. The first-order valence-corrected chi connectivity index (χ1v) is 12.7. The molecule has 37 heavy (non-hydrogen) atoms. The van der Waals surface area contributed by atoms with Gasteiger partial charge in [0.15, 0.2) is 0 Å². The van der Waals surface area contributed by atoms with Crippen LogP contribution in [0.25, 0.3) is 0 Å². The van der Waals surface area contributed by atoms with Crippen molar-refractivity contribution in [1.29, 1.82) is 0 Å². The molecule has 0 radical (unpaired) electrons. The van der Waals surface area contributed by atoms with Crippen molar-refractivity contribution in [3.05, 3.63) is 93.5 Å². The Morgan fingerprint density at radius 1 is 0.973 bits per heavy atom. The van der Waals surface area contributed by atoms with Crippen LogP contribution in [0, 0.1) is 6.92 Å². The molecule has 0 atom stereocenters. The number of carbonyl (C=O) groups excluding carboxylic acids is 3. The predicted molar refractivity (Wildman–Crippen MR) is 145 cm³/mol. The molecular formula is C28H25ClN2O5S. The Bertz CT molecular complexity index is 1380. The van der Waals surface area contributed by atoms with Crippen LogP contribution in [-0.4, -0.2) is 31.0 Å². The summed E-state index contributed by atoms with van der Waals surface area (Å²) in [5, 5.41) is 3.70. The third-order valence-corrected chi connectivity index (χ3v) is 6.74. The Labute approximate surface area is 224 Å². The van der Waals surface area contributed by atoms with E-state index in [1.807, 2.05) is 19.1 Å². The minimum absolute atomic E-state index is 0.122. The molecule has 0 saturated heterocycles. The first-order chi connectivity index (χ1) is 17.7. The van der Waals surface area contributed by atoms with Crippen molar-refractivity contribution in [2.75, 3.05) is 17.3 Å². The molecular weight excluding hydrogens is 512 g/mol. The summed E-state index contributed by atoms with van der Waals surface area (Å²) in [4.78, 5) is 41.5. The van der Waals surface area contributed by atoms with Crippen LogP contribution in [0.1, 0.15) is 29.8 Å². The van der Waals surface area contributed by atoms with E-state index in [1.54, 1.807) is 56.3 Å². The number of aryl methyl sites for hydroxylation is 1. The van der Waals surface area contributed by atoms with Crippen LogP contribution in [0.5, 0.6) is 5.75 Å².